The van der Waals surface area contributed by atoms with Crippen LogP contribution in [0, 0.1) is 0 Å². The largest absolute Gasteiger partial charge is 0.491 e. The summed E-state index contributed by atoms with van der Waals surface area (Å²) in [6.45, 7) is 0.544. The number of ether oxygens (including phenoxy) is 2. The first-order chi connectivity index (χ1) is 18.1. The lowest BCUT2D eigenvalue weighted by molar-refractivity contribution is 0.0954. The number of nitrogens with zero attached hydrogens (tertiary/aromatic N) is 5. The Morgan fingerprint density at radius 1 is 0.973 bits per heavy atom. The second-order valence-corrected chi connectivity index (χ2v) is 8.11. The van der Waals surface area contributed by atoms with E-state index in [2.05, 4.69) is 30.7 Å². The van der Waals surface area contributed by atoms with Crippen LogP contribution in [0.3, 0.4) is 0 Å². The molecule has 0 aliphatic carbocycles. The highest BCUT2D eigenvalue weighted by Gasteiger charge is 2.13. The molecule has 0 spiro atoms. The van der Waals surface area contributed by atoms with E-state index >= 15 is 0 Å². The van der Waals surface area contributed by atoms with Crippen molar-refractivity contribution in [2.24, 2.45) is 0 Å². The summed E-state index contributed by atoms with van der Waals surface area (Å²) in [5.41, 5.74) is 4.62. The average Bonchev–Trinajstić information content (AvgIpc) is 3.43. The standard InChI is InChI=1S/C27H25N7O3/c1-36-23-7-8-24(32-27(23)37-2)31-22-17-21(33-34-16-15-29-25(22)34)19-3-5-20(6-4-19)26(35)30-14-11-18-9-12-28-13-10-18/h3-10,12-13,15-17H,11,14H2,1-2H3,(H,30,35)(H,31,32). The van der Waals surface area contributed by atoms with Crippen molar-refractivity contribution in [3.63, 3.8) is 0 Å². The molecule has 0 unspecified atom stereocenters. The number of anilines is 2. The number of benzene rings is 1. The molecule has 4 heterocycles. The number of hydrogen-bond acceptors (Lipinski definition) is 8. The van der Waals surface area contributed by atoms with E-state index < -0.39 is 0 Å². The average molecular weight is 496 g/mol. The van der Waals surface area contributed by atoms with E-state index in [1.54, 1.807) is 60.7 Å². The van der Waals surface area contributed by atoms with Crippen molar-refractivity contribution in [3.05, 3.63) is 90.5 Å². The molecule has 5 rings (SSSR count). The fourth-order valence-electron chi connectivity index (χ4n) is 3.85. The number of aromatic nitrogens is 5. The SMILES string of the molecule is COc1ccc(Nc2cc(-c3ccc(C(=O)NCCc4ccncc4)cc3)nn3ccnc23)nc1OC. The fourth-order valence-corrected chi connectivity index (χ4v) is 3.85. The Morgan fingerprint density at radius 3 is 2.54 bits per heavy atom. The molecule has 0 saturated carbocycles. The topological polar surface area (TPSA) is 116 Å². The molecule has 37 heavy (non-hydrogen) atoms. The van der Waals surface area contributed by atoms with Crippen LogP contribution in [0.1, 0.15) is 15.9 Å². The lowest BCUT2D eigenvalue weighted by Gasteiger charge is -2.12. The van der Waals surface area contributed by atoms with Crippen LogP contribution >= 0.6 is 0 Å². The molecule has 0 saturated heterocycles. The van der Waals surface area contributed by atoms with Gasteiger partial charge in [-0.3, -0.25) is 9.78 Å². The van der Waals surface area contributed by atoms with Crippen molar-refractivity contribution < 1.29 is 14.3 Å². The van der Waals surface area contributed by atoms with Crippen LogP contribution in [-0.2, 0) is 6.42 Å². The number of carbonyl (C=O) groups excluding carboxylic acids is 1. The van der Waals surface area contributed by atoms with Crippen molar-refractivity contribution in [2.75, 3.05) is 26.1 Å². The van der Waals surface area contributed by atoms with E-state index in [0.717, 1.165) is 17.5 Å². The third-order valence-electron chi connectivity index (χ3n) is 5.75. The second-order valence-electron chi connectivity index (χ2n) is 8.11. The van der Waals surface area contributed by atoms with Crippen LogP contribution < -0.4 is 20.1 Å². The van der Waals surface area contributed by atoms with Gasteiger partial charge in [0.05, 0.1) is 25.6 Å². The Balaban J connectivity index is 1.34. The van der Waals surface area contributed by atoms with Crippen molar-refractivity contribution in [2.45, 2.75) is 6.42 Å². The molecule has 0 bridgehead atoms. The predicted octanol–water partition coefficient (Wildman–Crippen LogP) is 3.92. The number of hydrogen-bond donors (Lipinski definition) is 2. The number of pyridine rings is 2. The summed E-state index contributed by atoms with van der Waals surface area (Å²) in [5, 5.41) is 10.9. The van der Waals surface area contributed by atoms with Gasteiger partial charge in [-0.1, -0.05) is 12.1 Å². The highest BCUT2D eigenvalue weighted by atomic mass is 16.5. The first kappa shape index (κ1) is 23.7. The minimum Gasteiger partial charge on any atom is -0.491 e. The van der Waals surface area contributed by atoms with Crippen LogP contribution in [0.25, 0.3) is 16.9 Å². The summed E-state index contributed by atoms with van der Waals surface area (Å²) in [4.78, 5) is 25.5. The molecule has 0 atom stereocenters. The quantitative estimate of drug-likeness (QED) is 0.316. The van der Waals surface area contributed by atoms with Gasteiger partial charge in [0.25, 0.3) is 11.8 Å². The van der Waals surface area contributed by atoms with Gasteiger partial charge in [-0.25, -0.2) is 9.50 Å². The zero-order chi connectivity index (χ0) is 25.6. The number of carbonyl (C=O) groups is 1. The Labute approximate surface area is 213 Å². The summed E-state index contributed by atoms with van der Waals surface area (Å²) < 4.78 is 12.3. The third kappa shape index (κ3) is 5.32. The fraction of sp³-hybridized carbons (Fsp3) is 0.148. The van der Waals surface area contributed by atoms with Gasteiger partial charge in [-0.2, -0.15) is 10.1 Å². The minimum atomic E-state index is -0.125. The lowest BCUT2D eigenvalue weighted by atomic mass is 10.1. The number of nitrogens with one attached hydrogen (secondary N) is 2. The zero-order valence-corrected chi connectivity index (χ0v) is 20.4. The molecule has 1 amide bonds. The first-order valence-electron chi connectivity index (χ1n) is 11.6. The third-order valence-corrected chi connectivity index (χ3v) is 5.75. The molecule has 4 aromatic heterocycles. The minimum absolute atomic E-state index is 0.125. The molecule has 1 aromatic carbocycles. The molecule has 0 radical (unpaired) electrons. The lowest BCUT2D eigenvalue weighted by Crippen LogP contribution is -2.25. The molecule has 2 N–H and O–H groups in total. The summed E-state index contributed by atoms with van der Waals surface area (Å²) >= 11 is 0. The van der Waals surface area contributed by atoms with E-state index in [9.17, 15) is 4.79 Å². The Bertz CT molecular complexity index is 1520. The van der Waals surface area contributed by atoms with Gasteiger partial charge in [-0.15, -0.1) is 0 Å². The molecule has 10 heteroatoms. The van der Waals surface area contributed by atoms with Crippen molar-refractivity contribution in [1.29, 1.82) is 0 Å². The normalized spacial score (nSPS) is 10.8. The van der Waals surface area contributed by atoms with Crippen molar-refractivity contribution in [1.82, 2.24) is 29.9 Å². The van der Waals surface area contributed by atoms with E-state index in [-0.39, 0.29) is 5.91 Å². The molecular formula is C27H25N7O3. The Kier molecular flexibility index (Phi) is 6.89. The smallest absolute Gasteiger partial charge is 0.258 e. The van der Waals surface area contributed by atoms with Gasteiger partial charge in [0.15, 0.2) is 11.4 Å². The van der Waals surface area contributed by atoms with Crippen molar-refractivity contribution >= 4 is 23.1 Å². The van der Waals surface area contributed by atoms with Gasteiger partial charge in [0.2, 0.25) is 0 Å². The molecule has 0 aliphatic heterocycles. The first-order valence-corrected chi connectivity index (χ1v) is 11.6. The van der Waals surface area contributed by atoms with E-state index in [0.29, 0.717) is 46.6 Å². The van der Waals surface area contributed by atoms with Crippen LogP contribution in [-0.4, -0.2) is 51.2 Å². The summed E-state index contributed by atoms with van der Waals surface area (Å²) in [6.07, 6.45) is 7.69. The molecule has 10 nitrogen and oxygen atoms in total. The van der Waals surface area contributed by atoms with Crippen LogP contribution in [0.15, 0.2) is 79.4 Å². The van der Waals surface area contributed by atoms with E-state index in [4.69, 9.17) is 9.47 Å². The predicted molar refractivity (Wildman–Crippen MR) is 139 cm³/mol. The molecule has 5 aromatic rings. The molecule has 0 fully saturated rings. The maximum absolute atomic E-state index is 12.6. The Morgan fingerprint density at radius 2 is 1.78 bits per heavy atom. The van der Waals surface area contributed by atoms with Gasteiger partial charge >= 0.3 is 0 Å². The molecule has 0 aliphatic rings. The number of fused-ring (bicyclic) bond motifs is 1. The Hall–Kier alpha value is -4.99. The second kappa shape index (κ2) is 10.7. The number of imidazole rings is 1. The van der Waals surface area contributed by atoms with E-state index in [1.165, 1.54) is 7.11 Å². The van der Waals surface area contributed by atoms with Gasteiger partial charge in [-0.05, 0) is 54.4 Å². The van der Waals surface area contributed by atoms with Crippen LogP contribution in [0.5, 0.6) is 11.6 Å². The molecule has 186 valence electrons. The summed E-state index contributed by atoms with van der Waals surface area (Å²) in [7, 11) is 3.10. The van der Waals surface area contributed by atoms with Gasteiger partial charge < -0.3 is 20.1 Å². The number of methoxy groups -OCH3 is 2. The highest BCUT2D eigenvalue weighted by Crippen LogP contribution is 2.30. The number of amides is 1. The highest BCUT2D eigenvalue weighted by molar-refractivity contribution is 5.94. The van der Waals surface area contributed by atoms with Crippen molar-refractivity contribution in [3.8, 4) is 22.9 Å². The maximum atomic E-state index is 12.6. The molecular weight excluding hydrogens is 470 g/mol. The summed E-state index contributed by atoms with van der Waals surface area (Å²) in [6, 6.07) is 16.7. The van der Waals surface area contributed by atoms with E-state index in [1.807, 2.05) is 30.3 Å². The number of rotatable bonds is 9. The zero-order valence-electron chi connectivity index (χ0n) is 20.4. The van der Waals surface area contributed by atoms with Crippen LogP contribution in [0.4, 0.5) is 11.5 Å². The maximum Gasteiger partial charge on any atom is 0.258 e. The van der Waals surface area contributed by atoms with Gasteiger partial charge in [0.1, 0.15) is 5.82 Å². The van der Waals surface area contributed by atoms with Crippen LogP contribution in [0.2, 0.25) is 0 Å². The monoisotopic (exact) mass is 495 g/mol. The summed E-state index contributed by atoms with van der Waals surface area (Å²) in [5.74, 6) is 1.35. The van der Waals surface area contributed by atoms with Gasteiger partial charge in [0, 0.05) is 42.5 Å².